The lowest BCUT2D eigenvalue weighted by atomic mass is 10.0. The van der Waals surface area contributed by atoms with Crippen LogP contribution >= 0.6 is 0 Å². The first kappa shape index (κ1) is 10.3. The Balaban J connectivity index is 1.91. The Morgan fingerprint density at radius 1 is 1.12 bits per heavy atom. The molecule has 0 amide bonds. The molecule has 2 heteroatoms. The van der Waals surface area contributed by atoms with Gasteiger partial charge in [-0.25, -0.2) is 4.39 Å². The van der Waals surface area contributed by atoms with Crippen LogP contribution in [0.5, 0.6) is 0 Å². The van der Waals surface area contributed by atoms with Crippen LogP contribution in [0.2, 0.25) is 0 Å². The molecule has 0 fully saturated rings. The Labute approximate surface area is 100 Å². The Morgan fingerprint density at radius 3 is 2.59 bits per heavy atom. The molecule has 0 saturated carbocycles. The third-order valence-corrected chi connectivity index (χ3v) is 3.37. The fourth-order valence-corrected chi connectivity index (χ4v) is 2.45. The highest BCUT2D eigenvalue weighted by Crippen LogP contribution is 2.36. The molecule has 1 aliphatic heterocycles. The van der Waals surface area contributed by atoms with Crippen LogP contribution in [0.1, 0.15) is 22.7 Å². The van der Waals surface area contributed by atoms with Gasteiger partial charge in [0.1, 0.15) is 5.82 Å². The van der Waals surface area contributed by atoms with Crippen molar-refractivity contribution >= 4 is 5.69 Å². The number of anilines is 1. The van der Waals surface area contributed by atoms with Crippen LogP contribution in [0, 0.1) is 12.7 Å². The SMILES string of the molecule is Cc1cccc2c1NC(c1ccc(F)cc1)C2. The van der Waals surface area contributed by atoms with E-state index in [1.807, 2.05) is 12.1 Å². The smallest absolute Gasteiger partial charge is 0.123 e. The highest BCUT2D eigenvalue weighted by atomic mass is 19.1. The first-order valence-corrected chi connectivity index (χ1v) is 5.84. The molecule has 1 heterocycles. The van der Waals surface area contributed by atoms with Gasteiger partial charge in [0.15, 0.2) is 0 Å². The maximum absolute atomic E-state index is 12.9. The van der Waals surface area contributed by atoms with Crippen molar-refractivity contribution in [2.24, 2.45) is 0 Å². The van der Waals surface area contributed by atoms with Crippen molar-refractivity contribution in [1.82, 2.24) is 0 Å². The van der Waals surface area contributed by atoms with E-state index < -0.39 is 0 Å². The third kappa shape index (κ3) is 1.80. The molecule has 0 aliphatic carbocycles. The number of halogens is 1. The molecule has 2 aromatic carbocycles. The average molecular weight is 227 g/mol. The first-order chi connectivity index (χ1) is 8.24. The molecule has 1 atom stereocenters. The minimum Gasteiger partial charge on any atom is -0.377 e. The highest BCUT2D eigenvalue weighted by Gasteiger charge is 2.22. The fraction of sp³-hybridized carbons (Fsp3) is 0.200. The molecule has 86 valence electrons. The number of rotatable bonds is 1. The number of hydrogen-bond acceptors (Lipinski definition) is 1. The maximum Gasteiger partial charge on any atom is 0.123 e. The van der Waals surface area contributed by atoms with Gasteiger partial charge in [0.2, 0.25) is 0 Å². The third-order valence-electron chi connectivity index (χ3n) is 3.37. The Morgan fingerprint density at radius 2 is 1.88 bits per heavy atom. The van der Waals surface area contributed by atoms with Crippen LogP contribution < -0.4 is 5.32 Å². The summed E-state index contributed by atoms with van der Waals surface area (Å²) in [5, 5.41) is 3.52. The zero-order valence-corrected chi connectivity index (χ0v) is 9.70. The first-order valence-electron chi connectivity index (χ1n) is 5.84. The van der Waals surface area contributed by atoms with E-state index in [2.05, 4.69) is 30.4 Å². The van der Waals surface area contributed by atoms with Crippen molar-refractivity contribution in [1.29, 1.82) is 0 Å². The second-order valence-electron chi connectivity index (χ2n) is 4.56. The predicted molar refractivity (Wildman–Crippen MR) is 67.6 cm³/mol. The maximum atomic E-state index is 12.9. The van der Waals surface area contributed by atoms with Gasteiger partial charge < -0.3 is 5.32 Å². The molecule has 1 nitrogen and oxygen atoms in total. The molecule has 0 spiro atoms. The van der Waals surface area contributed by atoms with Crippen LogP contribution in [-0.4, -0.2) is 0 Å². The van der Waals surface area contributed by atoms with Crippen molar-refractivity contribution in [2.45, 2.75) is 19.4 Å². The largest absolute Gasteiger partial charge is 0.377 e. The number of para-hydroxylation sites is 1. The molecular formula is C15H14FN. The van der Waals surface area contributed by atoms with Gasteiger partial charge in [0, 0.05) is 5.69 Å². The Kier molecular flexibility index (Phi) is 2.36. The zero-order chi connectivity index (χ0) is 11.8. The number of fused-ring (bicyclic) bond motifs is 1. The zero-order valence-electron chi connectivity index (χ0n) is 9.70. The predicted octanol–water partition coefficient (Wildman–Crippen LogP) is 3.84. The topological polar surface area (TPSA) is 12.0 Å². The molecule has 2 aromatic rings. The van der Waals surface area contributed by atoms with E-state index in [-0.39, 0.29) is 11.9 Å². The highest BCUT2D eigenvalue weighted by molar-refractivity contribution is 5.62. The lowest BCUT2D eigenvalue weighted by Crippen LogP contribution is -2.05. The van der Waals surface area contributed by atoms with E-state index in [0.29, 0.717) is 0 Å². The standard InChI is InChI=1S/C15H14FN/c1-10-3-2-4-12-9-14(17-15(10)12)11-5-7-13(16)8-6-11/h2-8,14,17H,9H2,1H3. The minimum atomic E-state index is -0.180. The summed E-state index contributed by atoms with van der Waals surface area (Å²) < 4.78 is 12.9. The number of benzene rings is 2. The Hall–Kier alpha value is -1.83. The van der Waals surface area contributed by atoms with E-state index in [1.165, 1.54) is 28.9 Å². The van der Waals surface area contributed by atoms with Crippen LogP contribution in [0.3, 0.4) is 0 Å². The van der Waals surface area contributed by atoms with Gasteiger partial charge in [-0.15, -0.1) is 0 Å². The monoisotopic (exact) mass is 227 g/mol. The summed E-state index contributed by atoms with van der Waals surface area (Å²) in [6.07, 6.45) is 0.975. The van der Waals surface area contributed by atoms with Crippen LogP contribution in [0.25, 0.3) is 0 Å². The normalized spacial score (nSPS) is 17.6. The van der Waals surface area contributed by atoms with Crippen molar-refractivity contribution < 1.29 is 4.39 Å². The van der Waals surface area contributed by atoms with Gasteiger partial charge in [-0.05, 0) is 42.2 Å². The summed E-state index contributed by atoms with van der Waals surface area (Å²) in [6, 6.07) is 13.4. The molecular weight excluding hydrogens is 213 g/mol. The van der Waals surface area contributed by atoms with Crippen molar-refractivity contribution in [3.8, 4) is 0 Å². The Bertz CT molecular complexity index is 545. The summed E-state index contributed by atoms with van der Waals surface area (Å²) in [4.78, 5) is 0. The fourth-order valence-electron chi connectivity index (χ4n) is 2.45. The quantitative estimate of drug-likeness (QED) is 0.780. The second kappa shape index (κ2) is 3.88. The summed E-state index contributed by atoms with van der Waals surface area (Å²) in [6.45, 7) is 2.11. The lowest BCUT2D eigenvalue weighted by Gasteiger charge is -2.12. The summed E-state index contributed by atoms with van der Waals surface area (Å²) in [5.74, 6) is -0.180. The van der Waals surface area contributed by atoms with Gasteiger partial charge in [-0.2, -0.15) is 0 Å². The summed E-state index contributed by atoms with van der Waals surface area (Å²) >= 11 is 0. The van der Waals surface area contributed by atoms with E-state index in [0.717, 1.165) is 12.0 Å². The molecule has 0 saturated heterocycles. The second-order valence-corrected chi connectivity index (χ2v) is 4.56. The van der Waals surface area contributed by atoms with Gasteiger partial charge in [0.05, 0.1) is 6.04 Å². The molecule has 17 heavy (non-hydrogen) atoms. The lowest BCUT2D eigenvalue weighted by molar-refractivity contribution is 0.626. The molecule has 3 rings (SSSR count). The van der Waals surface area contributed by atoms with Crippen molar-refractivity contribution in [2.75, 3.05) is 5.32 Å². The number of aryl methyl sites for hydroxylation is 1. The molecule has 0 aromatic heterocycles. The average Bonchev–Trinajstić information content (AvgIpc) is 2.75. The van der Waals surface area contributed by atoms with E-state index in [9.17, 15) is 4.39 Å². The van der Waals surface area contributed by atoms with E-state index in [1.54, 1.807) is 0 Å². The number of nitrogens with one attached hydrogen (secondary N) is 1. The van der Waals surface area contributed by atoms with Gasteiger partial charge in [-0.3, -0.25) is 0 Å². The molecule has 0 radical (unpaired) electrons. The van der Waals surface area contributed by atoms with Crippen LogP contribution in [0.15, 0.2) is 42.5 Å². The van der Waals surface area contributed by atoms with E-state index >= 15 is 0 Å². The van der Waals surface area contributed by atoms with Gasteiger partial charge >= 0.3 is 0 Å². The minimum absolute atomic E-state index is 0.180. The van der Waals surface area contributed by atoms with Gasteiger partial charge in [-0.1, -0.05) is 30.3 Å². The van der Waals surface area contributed by atoms with Crippen LogP contribution in [0.4, 0.5) is 10.1 Å². The van der Waals surface area contributed by atoms with E-state index in [4.69, 9.17) is 0 Å². The summed E-state index contributed by atoms with van der Waals surface area (Å²) in [7, 11) is 0. The van der Waals surface area contributed by atoms with Crippen molar-refractivity contribution in [3.63, 3.8) is 0 Å². The molecule has 1 aliphatic rings. The molecule has 1 N–H and O–H groups in total. The molecule has 0 bridgehead atoms. The van der Waals surface area contributed by atoms with Crippen molar-refractivity contribution in [3.05, 3.63) is 65.0 Å². The van der Waals surface area contributed by atoms with Gasteiger partial charge in [0.25, 0.3) is 0 Å². The summed E-state index contributed by atoms with van der Waals surface area (Å²) in [5.41, 5.74) is 5.00. The number of hydrogen-bond donors (Lipinski definition) is 1. The molecule has 1 unspecified atom stereocenters. The van der Waals surface area contributed by atoms with Crippen LogP contribution in [-0.2, 0) is 6.42 Å².